The molecule has 4 nitrogen and oxygen atoms in total. The van der Waals surface area contributed by atoms with E-state index in [1.54, 1.807) is 13.3 Å². The number of benzene rings is 2. The molecule has 0 spiro atoms. The molecule has 0 amide bonds. The maximum atomic E-state index is 5.77. The lowest BCUT2D eigenvalue weighted by Crippen LogP contribution is -2.04. The highest BCUT2D eigenvalue weighted by Crippen LogP contribution is 2.22. The lowest BCUT2D eigenvalue weighted by molar-refractivity contribution is 0.0650. The molecule has 3 aromatic rings. The minimum Gasteiger partial charge on any atom is -0.497 e. The minimum absolute atomic E-state index is 0.460. The van der Waals surface area contributed by atoms with Crippen molar-refractivity contribution in [2.75, 3.05) is 7.11 Å². The molecule has 0 bridgehead atoms. The van der Waals surface area contributed by atoms with Gasteiger partial charge in [0.15, 0.2) is 0 Å². The van der Waals surface area contributed by atoms with Gasteiger partial charge in [0.2, 0.25) is 0 Å². The first-order chi connectivity index (χ1) is 10.9. The van der Waals surface area contributed by atoms with Crippen LogP contribution in [0.1, 0.15) is 5.56 Å². The summed E-state index contributed by atoms with van der Waals surface area (Å²) in [5, 5.41) is 0. The molecule has 4 heteroatoms. The molecule has 0 radical (unpaired) electrons. The third kappa shape index (κ3) is 3.35. The topological polar surface area (TPSA) is 36.3 Å². The third-order valence-electron chi connectivity index (χ3n) is 3.39. The fourth-order valence-electron chi connectivity index (χ4n) is 2.27. The van der Waals surface area contributed by atoms with Gasteiger partial charge < -0.3 is 14.0 Å². The van der Waals surface area contributed by atoms with Crippen molar-refractivity contribution < 1.29 is 9.47 Å². The Balaban J connectivity index is 1.69. The van der Waals surface area contributed by atoms with Crippen molar-refractivity contribution in [3.8, 4) is 17.1 Å². The molecule has 22 heavy (non-hydrogen) atoms. The molecule has 3 rings (SSSR count). The molecule has 0 unspecified atom stereocenters. The third-order valence-corrected chi connectivity index (χ3v) is 3.39. The molecular weight excluding hydrogens is 276 g/mol. The van der Waals surface area contributed by atoms with E-state index in [9.17, 15) is 0 Å². The quantitative estimate of drug-likeness (QED) is 0.695. The number of rotatable bonds is 6. The van der Waals surface area contributed by atoms with E-state index in [1.807, 2.05) is 53.2 Å². The van der Waals surface area contributed by atoms with E-state index >= 15 is 0 Å². The molecular formula is C18H18N2O2. The second-order valence-corrected chi connectivity index (χ2v) is 4.92. The zero-order valence-corrected chi connectivity index (χ0v) is 12.5. The second-order valence-electron chi connectivity index (χ2n) is 4.92. The summed E-state index contributed by atoms with van der Waals surface area (Å²) in [6.07, 6.45) is 3.69. The second kappa shape index (κ2) is 6.91. The van der Waals surface area contributed by atoms with Gasteiger partial charge in [-0.15, -0.1) is 0 Å². The Hall–Kier alpha value is -2.59. The van der Waals surface area contributed by atoms with Gasteiger partial charge in [0, 0.05) is 18.0 Å². The average molecular weight is 294 g/mol. The Labute approximate surface area is 130 Å². The highest BCUT2D eigenvalue weighted by atomic mass is 16.5. The summed E-state index contributed by atoms with van der Waals surface area (Å²) >= 11 is 0. The smallest absolute Gasteiger partial charge is 0.141 e. The van der Waals surface area contributed by atoms with Crippen LogP contribution >= 0.6 is 0 Å². The van der Waals surface area contributed by atoms with Crippen LogP contribution in [-0.2, 0) is 18.1 Å². The number of nitrogens with zero attached hydrogens (tertiary/aromatic N) is 2. The fourth-order valence-corrected chi connectivity index (χ4v) is 2.27. The van der Waals surface area contributed by atoms with Crippen molar-refractivity contribution in [2.45, 2.75) is 13.3 Å². The number of imidazole rings is 1. The minimum atomic E-state index is 0.460. The van der Waals surface area contributed by atoms with Gasteiger partial charge in [0.1, 0.15) is 18.3 Å². The predicted octanol–water partition coefficient (Wildman–Crippen LogP) is 3.73. The molecule has 0 fully saturated rings. The normalized spacial score (nSPS) is 10.6. The van der Waals surface area contributed by atoms with Crippen molar-refractivity contribution in [1.82, 2.24) is 9.55 Å². The first-order valence-corrected chi connectivity index (χ1v) is 7.14. The Morgan fingerprint density at radius 3 is 2.73 bits per heavy atom. The molecule has 0 N–H and O–H groups in total. The van der Waals surface area contributed by atoms with Crippen LogP contribution in [0.2, 0.25) is 0 Å². The van der Waals surface area contributed by atoms with Gasteiger partial charge in [0.05, 0.1) is 13.7 Å². The summed E-state index contributed by atoms with van der Waals surface area (Å²) in [5.74, 6) is 1.68. The van der Waals surface area contributed by atoms with Crippen LogP contribution in [0.5, 0.6) is 5.75 Å². The van der Waals surface area contributed by atoms with E-state index in [0.717, 1.165) is 22.7 Å². The molecule has 0 aliphatic heterocycles. The summed E-state index contributed by atoms with van der Waals surface area (Å²) in [6, 6.07) is 18.0. The summed E-state index contributed by atoms with van der Waals surface area (Å²) in [6.45, 7) is 1.04. The number of aromatic nitrogens is 2. The zero-order valence-electron chi connectivity index (χ0n) is 12.5. The molecule has 1 aromatic heterocycles. The summed E-state index contributed by atoms with van der Waals surface area (Å²) in [7, 11) is 1.66. The molecule has 0 atom stereocenters. The Morgan fingerprint density at radius 1 is 1.05 bits per heavy atom. The standard InChI is InChI=1S/C18H18N2O2/c1-21-17-9-5-8-16(12-17)18-19-10-11-20(18)14-22-13-15-6-3-2-4-7-15/h2-12H,13-14H2,1H3. The van der Waals surface area contributed by atoms with E-state index in [0.29, 0.717) is 13.3 Å². The lowest BCUT2D eigenvalue weighted by atomic mass is 10.2. The number of hydrogen-bond donors (Lipinski definition) is 0. The summed E-state index contributed by atoms with van der Waals surface area (Å²) in [5.41, 5.74) is 2.17. The first kappa shape index (κ1) is 14.4. The molecule has 0 aliphatic carbocycles. The van der Waals surface area contributed by atoms with Crippen LogP contribution in [0.25, 0.3) is 11.4 Å². The Bertz CT molecular complexity index is 723. The highest BCUT2D eigenvalue weighted by Gasteiger charge is 2.07. The molecule has 2 aromatic carbocycles. The maximum Gasteiger partial charge on any atom is 0.141 e. The van der Waals surface area contributed by atoms with Gasteiger partial charge in [-0.3, -0.25) is 0 Å². The van der Waals surface area contributed by atoms with Gasteiger partial charge in [-0.2, -0.15) is 0 Å². The van der Waals surface area contributed by atoms with Crippen molar-refractivity contribution in [1.29, 1.82) is 0 Å². The fraction of sp³-hybridized carbons (Fsp3) is 0.167. The summed E-state index contributed by atoms with van der Waals surface area (Å²) < 4.78 is 13.0. The van der Waals surface area contributed by atoms with E-state index in [-0.39, 0.29) is 0 Å². The van der Waals surface area contributed by atoms with E-state index in [2.05, 4.69) is 17.1 Å². The van der Waals surface area contributed by atoms with Gasteiger partial charge >= 0.3 is 0 Å². The average Bonchev–Trinajstić information content (AvgIpc) is 3.04. The van der Waals surface area contributed by atoms with Crippen LogP contribution in [0.4, 0.5) is 0 Å². The SMILES string of the molecule is COc1cccc(-c2nccn2COCc2ccccc2)c1. The molecule has 0 saturated heterocycles. The van der Waals surface area contributed by atoms with Crippen molar-refractivity contribution >= 4 is 0 Å². The van der Waals surface area contributed by atoms with Gasteiger partial charge in [-0.05, 0) is 17.7 Å². The van der Waals surface area contributed by atoms with Crippen LogP contribution in [0, 0.1) is 0 Å². The van der Waals surface area contributed by atoms with E-state index in [4.69, 9.17) is 9.47 Å². The summed E-state index contributed by atoms with van der Waals surface area (Å²) in [4.78, 5) is 4.41. The number of methoxy groups -OCH3 is 1. The molecule has 112 valence electrons. The van der Waals surface area contributed by atoms with Crippen LogP contribution < -0.4 is 4.74 Å². The predicted molar refractivity (Wildman–Crippen MR) is 85.4 cm³/mol. The number of ether oxygens (including phenoxy) is 2. The van der Waals surface area contributed by atoms with Crippen molar-refractivity contribution in [2.24, 2.45) is 0 Å². The van der Waals surface area contributed by atoms with Gasteiger partial charge in [0.25, 0.3) is 0 Å². The monoisotopic (exact) mass is 294 g/mol. The zero-order chi connectivity index (χ0) is 15.2. The lowest BCUT2D eigenvalue weighted by Gasteiger charge is -2.10. The Morgan fingerprint density at radius 2 is 1.91 bits per heavy atom. The Kier molecular flexibility index (Phi) is 4.51. The van der Waals surface area contributed by atoms with E-state index < -0.39 is 0 Å². The molecule has 1 heterocycles. The van der Waals surface area contributed by atoms with E-state index in [1.165, 1.54) is 0 Å². The first-order valence-electron chi connectivity index (χ1n) is 7.14. The van der Waals surface area contributed by atoms with Gasteiger partial charge in [-0.25, -0.2) is 4.98 Å². The maximum absolute atomic E-state index is 5.77. The van der Waals surface area contributed by atoms with Crippen LogP contribution in [0.3, 0.4) is 0 Å². The molecule has 0 saturated carbocycles. The van der Waals surface area contributed by atoms with Gasteiger partial charge in [-0.1, -0.05) is 42.5 Å². The largest absolute Gasteiger partial charge is 0.497 e. The van der Waals surface area contributed by atoms with Crippen molar-refractivity contribution in [3.63, 3.8) is 0 Å². The van der Waals surface area contributed by atoms with Crippen LogP contribution in [-0.4, -0.2) is 16.7 Å². The molecule has 0 aliphatic rings. The number of hydrogen-bond acceptors (Lipinski definition) is 3. The van der Waals surface area contributed by atoms with Crippen LogP contribution in [0.15, 0.2) is 67.0 Å². The van der Waals surface area contributed by atoms with Crippen molar-refractivity contribution in [3.05, 3.63) is 72.6 Å². The highest BCUT2D eigenvalue weighted by molar-refractivity contribution is 5.58.